The maximum atomic E-state index is 12.7. The second kappa shape index (κ2) is 9.38. The first-order valence-corrected chi connectivity index (χ1v) is 10.8. The van der Waals surface area contributed by atoms with Gasteiger partial charge in [-0.05, 0) is 31.7 Å². The summed E-state index contributed by atoms with van der Waals surface area (Å²) in [5.74, 6) is 0.425. The second-order valence-corrected chi connectivity index (χ2v) is 9.37. The monoisotopic (exact) mass is 406 g/mol. The highest BCUT2D eigenvalue weighted by Gasteiger charge is 2.21. The zero-order chi connectivity index (χ0) is 20.1. The number of nitrogens with one attached hydrogen (secondary N) is 1. The van der Waals surface area contributed by atoms with Crippen LogP contribution < -0.4 is 5.56 Å². The van der Waals surface area contributed by atoms with Crippen molar-refractivity contribution in [3.63, 3.8) is 0 Å². The average Bonchev–Trinajstić information content (AvgIpc) is 2.94. The Morgan fingerprint density at radius 2 is 2.15 bits per heavy atom. The molecule has 0 aromatic carbocycles. The van der Waals surface area contributed by atoms with E-state index in [9.17, 15) is 9.59 Å². The third-order valence-corrected chi connectivity index (χ3v) is 6.68. The topological polar surface area (TPSA) is 89.8 Å². The summed E-state index contributed by atoms with van der Waals surface area (Å²) in [4.78, 5) is 35.9. The number of aromatic amines is 1. The summed E-state index contributed by atoms with van der Waals surface area (Å²) in [6.07, 6.45) is 2.24. The molecular formula is C19H26N4O2S2. The Hall–Kier alpha value is -1.85. The highest BCUT2D eigenvalue weighted by molar-refractivity contribution is 8.00. The van der Waals surface area contributed by atoms with Crippen molar-refractivity contribution < 1.29 is 4.79 Å². The first-order valence-electron chi connectivity index (χ1n) is 9.09. The maximum Gasteiger partial charge on any atom is 0.260 e. The first-order chi connectivity index (χ1) is 12.8. The van der Waals surface area contributed by atoms with Crippen molar-refractivity contribution in [3.05, 3.63) is 20.8 Å². The van der Waals surface area contributed by atoms with Gasteiger partial charge < -0.3 is 9.88 Å². The van der Waals surface area contributed by atoms with E-state index in [2.05, 4.69) is 23.8 Å². The Kier molecular flexibility index (Phi) is 7.45. The lowest BCUT2D eigenvalue weighted by molar-refractivity contribution is -0.128. The van der Waals surface area contributed by atoms with Crippen molar-refractivity contribution in [2.45, 2.75) is 57.4 Å². The number of carbonyl (C=O) groups is 1. The Bertz CT molecular complexity index is 913. The van der Waals surface area contributed by atoms with Crippen molar-refractivity contribution in [1.29, 1.82) is 5.26 Å². The summed E-state index contributed by atoms with van der Waals surface area (Å²) >= 11 is 2.78. The summed E-state index contributed by atoms with van der Waals surface area (Å²) in [5, 5.41) is 9.41. The predicted molar refractivity (Wildman–Crippen MR) is 111 cm³/mol. The molecule has 0 fully saturated rings. The molecule has 1 N–H and O–H groups in total. The van der Waals surface area contributed by atoms with Crippen LogP contribution in [0.1, 0.15) is 44.1 Å². The Morgan fingerprint density at radius 1 is 1.44 bits per heavy atom. The van der Waals surface area contributed by atoms with E-state index in [1.165, 1.54) is 28.0 Å². The number of rotatable bonds is 8. The molecule has 6 nitrogen and oxygen atoms in total. The van der Waals surface area contributed by atoms with Crippen LogP contribution in [0.2, 0.25) is 0 Å². The van der Waals surface area contributed by atoms with E-state index in [1.807, 2.05) is 13.0 Å². The molecule has 0 saturated heterocycles. The minimum Gasteiger partial charge on any atom is -0.344 e. The number of amides is 1. The Labute approximate surface area is 168 Å². The Balaban J connectivity index is 2.25. The van der Waals surface area contributed by atoms with Gasteiger partial charge in [-0.15, -0.1) is 11.3 Å². The third kappa shape index (κ3) is 5.11. The molecule has 0 aliphatic carbocycles. The van der Waals surface area contributed by atoms with Crippen molar-refractivity contribution in [2.75, 3.05) is 13.6 Å². The van der Waals surface area contributed by atoms with E-state index in [-0.39, 0.29) is 11.5 Å². The summed E-state index contributed by atoms with van der Waals surface area (Å²) in [6.45, 7) is 8.55. The minimum atomic E-state index is -0.394. The SMILES string of the molecule is CC[C@H](C)Cc1c(C)sc2nc(S[C@@H](C)C(=O)N(C)CCC#N)[nH]c(=O)c12. The number of nitriles is 1. The molecule has 8 heteroatoms. The van der Waals surface area contributed by atoms with E-state index < -0.39 is 5.25 Å². The van der Waals surface area contributed by atoms with Crippen LogP contribution in [0.25, 0.3) is 10.2 Å². The lowest BCUT2D eigenvalue weighted by Gasteiger charge is -2.19. The van der Waals surface area contributed by atoms with Gasteiger partial charge in [0, 0.05) is 18.5 Å². The van der Waals surface area contributed by atoms with Gasteiger partial charge in [-0.2, -0.15) is 5.26 Å². The molecule has 27 heavy (non-hydrogen) atoms. The van der Waals surface area contributed by atoms with Gasteiger partial charge in [-0.25, -0.2) is 4.98 Å². The van der Waals surface area contributed by atoms with E-state index in [1.54, 1.807) is 14.0 Å². The first kappa shape index (κ1) is 21.5. The number of fused-ring (bicyclic) bond motifs is 1. The van der Waals surface area contributed by atoms with Crippen LogP contribution >= 0.6 is 23.1 Å². The zero-order valence-electron chi connectivity index (χ0n) is 16.5. The van der Waals surface area contributed by atoms with Crippen molar-refractivity contribution in [3.8, 4) is 6.07 Å². The molecule has 0 spiro atoms. The minimum absolute atomic E-state index is 0.0854. The molecule has 0 bridgehead atoms. The number of thioether (sulfide) groups is 1. The van der Waals surface area contributed by atoms with Gasteiger partial charge in [0.1, 0.15) is 4.83 Å². The van der Waals surface area contributed by atoms with Crippen molar-refractivity contribution in [1.82, 2.24) is 14.9 Å². The molecule has 0 aliphatic heterocycles. The van der Waals surface area contributed by atoms with Crippen LogP contribution in [0, 0.1) is 24.2 Å². The normalized spacial score (nSPS) is 13.3. The molecule has 2 aromatic rings. The third-order valence-electron chi connectivity index (χ3n) is 4.66. The van der Waals surface area contributed by atoms with E-state index in [0.29, 0.717) is 29.4 Å². The molecule has 2 heterocycles. The molecular weight excluding hydrogens is 380 g/mol. The number of thiophene rings is 1. The molecule has 0 saturated carbocycles. The predicted octanol–water partition coefficient (Wildman–Crippen LogP) is 3.73. The van der Waals surface area contributed by atoms with E-state index in [0.717, 1.165) is 28.1 Å². The van der Waals surface area contributed by atoms with Gasteiger partial charge in [0.15, 0.2) is 5.16 Å². The Morgan fingerprint density at radius 3 is 2.78 bits per heavy atom. The molecule has 0 aliphatic rings. The van der Waals surface area contributed by atoms with Gasteiger partial charge in [0.2, 0.25) is 5.91 Å². The lowest BCUT2D eigenvalue weighted by atomic mass is 9.98. The molecule has 0 unspecified atom stereocenters. The fourth-order valence-electron chi connectivity index (χ4n) is 2.81. The summed E-state index contributed by atoms with van der Waals surface area (Å²) in [5.41, 5.74) is 0.956. The number of H-pyrrole nitrogens is 1. The number of hydrogen-bond acceptors (Lipinski definition) is 6. The smallest absolute Gasteiger partial charge is 0.260 e. The molecule has 146 valence electrons. The van der Waals surface area contributed by atoms with Crippen LogP contribution in [0.3, 0.4) is 0 Å². The largest absolute Gasteiger partial charge is 0.344 e. The quantitative estimate of drug-likeness (QED) is 0.533. The fraction of sp³-hybridized carbons (Fsp3) is 0.579. The molecule has 2 rings (SSSR count). The highest BCUT2D eigenvalue weighted by atomic mass is 32.2. The summed E-state index contributed by atoms with van der Waals surface area (Å²) in [6, 6.07) is 2.04. The van der Waals surface area contributed by atoms with Gasteiger partial charge >= 0.3 is 0 Å². The van der Waals surface area contributed by atoms with Gasteiger partial charge in [-0.1, -0.05) is 32.0 Å². The number of carbonyl (C=O) groups excluding carboxylic acids is 1. The van der Waals surface area contributed by atoms with E-state index >= 15 is 0 Å². The summed E-state index contributed by atoms with van der Waals surface area (Å²) < 4.78 is 0. The van der Waals surface area contributed by atoms with E-state index in [4.69, 9.17) is 5.26 Å². The van der Waals surface area contributed by atoms with Crippen LogP contribution in [0.4, 0.5) is 0 Å². The number of aryl methyl sites for hydroxylation is 1. The maximum absolute atomic E-state index is 12.7. The molecule has 1 amide bonds. The zero-order valence-corrected chi connectivity index (χ0v) is 18.1. The standard InChI is InChI=1S/C19H26N4O2S2/c1-6-11(2)10-14-12(3)26-17-15(14)16(24)21-19(22-17)27-13(4)18(25)23(5)9-7-8-20/h11,13H,6-7,9-10H2,1-5H3,(H,21,22,24)/t11-,13-/m0/s1. The molecule has 0 radical (unpaired) electrons. The van der Waals surface area contributed by atoms with Gasteiger partial charge in [0.05, 0.1) is 23.1 Å². The van der Waals surface area contributed by atoms with Crippen LogP contribution in [-0.2, 0) is 11.2 Å². The van der Waals surface area contributed by atoms with Crippen molar-refractivity contribution >= 4 is 39.2 Å². The van der Waals surface area contributed by atoms with Crippen LogP contribution in [0.5, 0.6) is 0 Å². The van der Waals surface area contributed by atoms with Crippen LogP contribution in [-0.4, -0.2) is 39.6 Å². The van der Waals surface area contributed by atoms with Crippen molar-refractivity contribution in [2.24, 2.45) is 5.92 Å². The molecule has 2 atom stereocenters. The highest BCUT2D eigenvalue weighted by Crippen LogP contribution is 2.31. The second-order valence-electron chi connectivity index (χ2n) is 6.83. The van der Waals surface area contributed by atoms with Gasteiger partial charge in [0.25, 0.3) is 5.56 Å². The van der Waals surface area contributed by atoms with Gasteiger partial charge in [-0.3, -0.25) is 9.59 Å². The number of aromatic nitrogens is 2. The number of nitrogens with zero attached hydrogens (tertiary/aromatic N) is 3. The lowest BCUT2D eigenvalue weighted by Crippen LogP contribution is -2.34. The number of hydrogen-bond donors (Lipinski definition) is 1. The average molecular weight is 407 g/mol. The van der Waals surface area contributed by atoms with Crippen LogP contribution in [0.15, 0.2) is 9.95 Å². The summed E-state index contributed by atoms with van der Waals surface area (Å²) in [7, 11) is 1.68. The fourth-order valence-corrected chi connectivity index (χ4v) is 4.83. The molecule has 2 aromatic heterocycles.